The minimum Gasteiger partial charge on any atom is -0.508 e. The van der Waals surface area contributed by atoms with Crippen LogP contribution >= 0.6 is 0 Å². The molecule has 1 aliphatic rings. The van der Waals surface area contributed by atoms with Crippen molar-refractivity contribution in [1.82, 2.24) is 0 Å². The van der Waals surface area contributed by atoms with Crippen LogP contribution in [0.25, 0.3) is 0 Å². The van der Waals surface area contributed by atoms with E-state index in [0.717, 1.165) is 5.56 Å². The Morgan fingerprint density at radius 3 is 2.57 bits per heavy atom. The summed E-state index contributed by atoms with van der Waals surface area (Å²) in [7, 11) is -4.49. The second-order valence-corrected chi connectivity index (χ2v) is 6.94. The fourth-order valence-electron chi connectivity index (χ4n) is 2.31. The molecule has 0 saturated heterocycles. The van der Waals surface area contributed by atoms with Crippen LogP contribution in [0.2, 0.25) is 0 Å². The highest BCUT2D eigenvalue weighted by molar-refractivity contribution is 7.90. The summed E-state index contributed by atoms with van der Waals surface area (Å²) in [4.78, 5) is 0.151. The van der Waals surface area contributed by atoms with Crippen LogP contribution in [0.3, 0.4) is 0 Å². The van der Waals surface area contributed by atoms with Gasteiger partial charge < -0.3 is 14.8 Å². The molecule has 0 radical (unpaired) electrons. The van der Waals surface area contributed by atoms with Crippen LogP contribution in [0.15, 0.2) is 47.4 Å². The van der Waals surface area contributed by atoms with Gasteiger partial charge in [-0.05, 0) is 40.9 Å². The quantitative estimate of drug-likeness (QED) is 0.811. The van der Waals surface area contributed by atoms with Crippen molar-refractivity contribution in [2.45, 2.75) is 17.3 Å². The van der Waals surface area contributed by atoms with Crippen molar-refractivity contribution in [3.05, 3.63) is 53.6 Å². The number of fused-ring (bicyclic) bond motifs is 1. The molecule has 1 heterocycles. The summed E-state index contributed by atoms with van der Waals surface area (Å²) in [5.41, 5.74) is 2.08. The Balaban J connectivity index is 1.89. The molecule has 2 N–H and O–H groups in total. The molecule has 21 heavy (non-hydrogen) atoms. The lowest BCUT2D eigenvalue weighted by atomic mass is 9.79. The van der Waals surface area contributed by atoms with Gasteiger partial charge in [0.25, 0.3) is 0 Å². The summed E-state index contributed by atoms with van der Waals surface area (Å²) in [5, 5.41) is 18.9. The molecule has 0 saturated carbocycles. The molecule has 0 aliphatic carbocycles. The SMILES string of the molecule is O=S(=O)(Cc1ccc2c(c1)B(O)OC2)c1ccc(O)cc1. The lowest BCUT2D eigenvalue weighted by molar-refractivity contribution is 0.275. The van der Waals surface area contributed by atoms with Gasteiger partial charge in [0, 0.05) is 0 Å². The standard InChI is InChI=1S/C14H13BO5S/c16-12-3-5-13(6-4-12)21(18,19)9-10-1-2-11-8-20-15(17)14(11)7-10/h1-7,16-17H,8-9H2. The monoisotopic (exact) mass is 304 g/mol. The van der Waals surface area contributed by atoms with Gasteiger partial charge in [0.2, 0.25) is 0 Å². The van der Waals surface area contributed by atoms with Crippen LogP contribution in [-0.2, 0) is 26.9 Å². The number of sulfone groups is 1. The second kappa shape index (κ2) is 5.18. The third-order valence-corrected chi connectivity index (χ3v) is 5.13. The van der Waals surface area contributed by atoms with E-state index in [1.807, 2.05) is 0 Å². The lowest BCUT2D eigenvalue weighted by Gasteiger charge is -2.07. The first kappa shape index (κ1) is 14.1. The fourth-order valence-corrected chi connectivity index (χ4v) is 3.65. The Morgan fingerprint density at radius 2 is 1.86 bits per heavy atom. The Kier molecular flexibility index (Phi) is 3.48. The summed E-state index contributed by atoms with van der Waals surface area (Å²) < 4.78 is 29.7. The van der Waals surface area contributed by atoms with Crippen LogP contribution in [-0.4, -0.2) is 25.7 Å². The molecule has 1 aliphatic heterocycles. The highest BCUT2D eigenvalue weighted by atomic mass is 32.2. The van der Waals surface area contributed by atoms with E-state index in [9.17, 15) is 18.5 Å². The van der Waals surface area contributed by atoms with Gasteiger partial charge in [0.15, 0.2) is 9.84 Å². The van der Waals surface area contributed by atoms with Gasteiger partial charge >= 0.3 is 7.12 Å². The van der Waals surface area contributed by atoms with Crippen LogP contribution in [0.4, 0.5) is 0 Å². The Bertz CT molecular complexity index is 770. The number of rotatable bonds is 3. The maximum atomic E-state index is 12.3. The maximum Gasteiger partial charge on any atom is 0.491 e. The van der Waals surface area contributed by atoms with Crippen molar-refractivity contribution in [3.63, 3.8) is 0 Å². The van der Waals surface area contributed by atoms with Crippen molar-refractivity contribution in [3.8, 4) is 5.75 Å². The van der Waals surface area contributed by atoms with E-state index in [2.05, 4.69) is 0 Å². The zero-order valence-electron chi connectivity index (χ0n) is 11.1. The van der Waals surface area contributed by atoms with E-state index < -0.39 is 17.0 Å². The van der Waals surface area contributed by atoms with Gasteiger partial charge in [-0.25, -0.2) is 8.42 Å². The number of phenols is 1. The summed E-state index contributed by atoms with van der Waals surface area (Å²) >= 11 is 0. The molecule has 0 spiro atoms. The van der Waals surface area contributed by atoms with E-state index >= 15 is 0 Å². The summed E-state index contributed by atoms with van der Waals surface area (Å²) in [6, 6.07) is 10.6. The predicted octanol–water partition coefficient (Wildman–Crippen LogP) is 0.584. The molecule has 0 atom stereocenters. The summed E-state index contributed by atoms with van der Waals surface area (Å²) in [6.07, 6.45) is 0. The Labute approximate surface area is 122 Å². The first-order valence-corrected chi connectivity index (χ1v) is 8.04. The summed E-state index contributed by atoms with van der Waals surface area (Å²) in [6.45, 7) is 0.335. The van der Waals surface area contributed by atoms with E-state index in [-0.39, 0.29) is 16.4 Å². The highest BCUT2D eigenvalue weighted by Crippen LogP contribution is 2.20. The average Bonchev–Trinajstić information content (AvgIpc) is 2.80. The van der Waals surface area contributed by atoms with Crippen LogP contribution < -0.4 is 5.46 Å². The molecule has 2 aromatic carbocycles. The fraction of sp³-hybridized carbons (Fsp3) is 0.143. The minimum absolute atomic E-state index is 0.0201. The van der Waals surface area contributed by atoms with Crippen molar-refractivity contribution in [2.75, 3.05) is 0 Å². The van der Waals surface area contributed by atoms with Crippen LogP contribution in [0.1, 0.15) is 11.1 Å². The van der Waals surface area contributed by atoms with E-state index in [4.69, 9.17) is 4.65 Å². The molecule has 7 heteroatoms. The molecule has 5 nitrogen and oxygen atoms in total. The molecule has 0 bridgehead atoms. The van der Waals surface area contributed by atoms with Crippen LogP contribution in [0.5, 0.6) is 5.75 Å². The molecule has 0 fully saturated rings. The predicted molar refractivity (Wildman–Crippen MR) is 77.8 cm³/mol. The molecule has 0 aromatic heterocycles. The third kappa shape index (κ3) is 2.80. The van der Waals surface area contributed by atoms with Crippen molar-refractivity contribution < 1.29 is 23.2 Å². The van der Waals surface area contributed by atoms with E-state index in [1.165, 1.54) is 24.3 Å². The average molecular weight is 304 g/mol. The number of phenolic OH excluding ortho intramolecular Hbond substituents is 1. The maximum absolute atomic E-state index is 12.3. The van der Waals surface area contributed by atoms with Gasteiger partial charge in [-0.2, -0.15) is 0 Å². The van der Waals surface area contributed by atoms with Gasteiger partial charge in [-0.1, -0.05) is 18.2 Å². The van der Waals surface area contributed by atoms with Crippen molar-refractivity contribution >= 4 is 22.4 Å². The number of aromatic hydroxyl groups is 1. The van der Waals surface area contributed by atoms with Gasteiger partial charge in [0.05, 0.1) is 17.3 Å². The first-order chi connectivity index (χ1) is 9.95. The second-order valence-electron chi connectivity index (χ2n) is 4.95. The molecule has 0 unspecified atom stereocenters. The normalized spacial score (nSPS) is 14.2. The zero-order chi connectivity index (χ0) is 15.0. The first-order valence-electron chi connectivity index (χ1n) is 6.39. The largest absolute Gasteiger partial charge is 0.508 e. The molecule has 2 aromatic rings. The zero-order valence-corrected chi connectivity index (χ0v) is 11.9. The molecule has 0 amide bonds. The highest BCUT2D eigenvalue weighted by Gasteiger charge is 2.28. The van der Waals surface area contributed by atoms with Crippen molar-refractivity contribution in [2.24, 2.45) is 0 Å². The van der Waals surface area contributed by atoms with Gasteiger partial charge in [0.1, 0.15) is 5.75 Å². The van der Waals surface area contributed by atoms with Crippen molar-refractivity contribution in [1.29, 1.82) is 0 Å². The molecular formula is C14H13BO5S. The smallest absolute Gasteiger partial charge is 0.491 e. The van der Waals surface area contributed by atoms with Gasteiger partial charge in [-0.15, -0.1) is 0 Å². The lowest BCUT2D eigenvalue weighted by Crippen LogP contribution is -2.28. The molecule has 3 rings (SSSR count). The van der Waals surface area contributed by atoms with E-state index in [0.29, 0.717) is 17.6 Å². The number of hydrogen-bond donors (Lipinski definition) is 2. The Morgan fingerprint density at radius 1 is 1.14 bits per heavy atom. The third-order valence-electron chi connectivity index (χ3n) is 3.43. The number of hydrogen-bond acceptors (Lipinski definition) is 5. The number of benzene rings is 2. The van der Waals surface area contributed by atoms with Gasteiger partial charge in [-0.3, -0.25) is 0 Å². The molecular weight excluding hydrogens is 291 g/mol. The molecule has 108 valence electrons. The summed E-state index contributed by atoms with van der Waals surface area (Å²) in [5.74, 6) is -0.149. The van der Waals surface area contributed by atoms with E-state index in [1.54, 1.807) is 18.2 Å². The van der Waals surface area contributed by atoms with Crippen LogP contribution in [0, 0.1) is 0 Å². The minimum atomic E-state index is -3.50. The topological polar surface area (TPSA) is 83.8 Å². The Hall–Kier alpha value is -1.83.